The summed E-state index contributed by atoms with van der Waals surface area (Å²) in [5.41, 5.74) is 2.42. The standard InChI is InChI=1S/C16H25ClN2/c1-18-12-13-9-10-16(15(17)11-13)19(2)14-7-5-3-4-6-8-14/h9-11,14,18H,3-8,12H2,1-2H3. The van der Waals surface area contributed by atoms with E-state index in [1.165, 1.54) is 49.8 Å². The SMILES string of the molecule is CNCc1ccc(N(C)C2CCCCCC2)c(Cl)c1. The number of halogens is 1. The maximum atomic E-state index is 6.45. The molecule has 106 valence electrons. The van der Waals surface area contributed by atoms with E-state index in [0.717, 1.165) is 11.6 Å². The molecular weight excluding hydrogens is 256 g/mol. The molecule has 0 saturated heterocycles. The van der Waals surface area contributed by atoms with Gasteiger partial charge in [-0.1, -0.05) is 43.4 Å². The van der Waals surface area contributed by atoms with Crippen LogP contribution in [0.4, 0.5) is 5.69 Å². The molecule has 0 spiro atoms. The summed E-state index contributed by atoms with van der Waals surface area (Å²) in [5.74, 6) is 0. The lowest BCUT2D eigenvalue weighted by Crippen LogP contribution is -2.31. The molecule has 3 heteroatoms. The second-order valence-electron chi connectivity index (χ2n) is 5.57. The van der Waals surface area contributed by atoms with E-state index in [9.17, 15) is 0 Å². The average molecular weight is 281 g/mol. The summed E-state index contributed by atoms with van der Waals surface area (Å²) in [7, 11) is 4.15. The molecule has 0 amide bonds. The molecule has 1 aromatic carbocycles. The fraction of sp³-hybridized carbons (Fsp3) is 0.625. The largest absolute Gasteiger partial charge is 0.370 e. The van der Waals surface area contributed by atoms with Gasteiger partial charge in [0.15, 0.2) is 0 Å². The third-order valence-electron chi connectivity index (χ3n) is 4.15. The highest BCUT2D eigenvalue weighted by Crippen LogP contribution is 2.31. The van der Waals surface area contributed by atoms with Crippen LogP contribution < -0.4 is 10.2 Å². The Morgan fingerprint density at radius 2 is 1.89 bits per heavy atom. The Morgan fingerprint density at radius 1 is 1.21 bits per heavy atom. The monoisotopic (exact) mass is 280 g/mol. The highest BCUT2D eigenvalue weighted by molar-refractivity contribution is 6.33. The van der Waals surface area contributed by atoms with Gasteiger partial charge in [-0.2, -0.15) is 0 Å². The van der Waals surface area contributed by atoms with Crippen molar-refractivity contribution in [2.75, 3.05) is 19.0 Å². The van der Waals surface area contributed by atoms with E-state index in [-0.39, 0.29) is 0 Å². The normalized spacial score (nSPS) is 17.2. The van der Waals surface area contributed by atoms with Crippen molar-refractivity contribution in [3.05, 3.63) is 28.8 Å². The summed E-state index contributed by atoms with van der Waals surface area (Å²) in [6.07, 6.45) is 8.07. The molecule has 1 fully saturated rings. The molecule has 0 unspecified atom stereocenters. The van der Waals surface area contributed by atoms with Crippen molar-refractivity contribution >= 4 is 17.3 Å². The molecule has 1 N–H and O–H groups in total. The molecule has 0 aliphatic heterocycles. The van der Waals surface area contributed by atoms with Crippen molar-refractivity contribution in [2.45, 2.75) is 51.1 Å². The molecule has 1 aliphatic rings. The molecule has 0 bridgehead atoms. The van der Waals surface area contributed by atoms with Crippen molar-refractivity contribution in [1.29, 1.82) is 0 Å². The smallest absolute Gasteiger partial charge is 0.0642 e. The highest BCUT2D eigenvalue weighted by Gasteiger charge is 2.19. The highest BCUT2D eigenvalue weighted by atomic mass is 35.5. The van der Waals surface area contributed by atoms with E-state index in [1.54, 1.807) is 0 Å². The van der Waals surface area contributed by atoms with Gasteiger partial charge in [-0.15, -0.1) is 0 Å². The van der Waals surface area contributed by atoms with Gasteiger partial charge in [-0.25, -0.2) is 0 Å². The first-order valence-electron chi connectivity index (χ1n) is 7.38. The van der Waals surface area contributed by atoms with Gasteiger partial charge in [-0.3, -0.25) is 0 Å². The van der Waals surface area contributed by atoms with Gasteiger partial charge >= 0.3 is 0 Å². The number of hydrogen-bond acceptors (Lipinski definition) is 2. The third-order valence-corrected chi connectivity index (χ3v) is 4.45. The predicted molar refractivity (Wildman–Crippen MR) is 84.1 cm³/mol. The molecule has 0 radical (unpaired) electrons. The van der Waals surface area contributed by atoms with Crippen LogP contribution in [0.2, 0.25) is 5.02 Å². The number of nitrogens with zero attached hydrogens (tertiary/aromatic N) is 1. The zero-order valence-electron chi connectivity index (χ0n) is 12.1. The summed E-state index contributed by atoms with van der Waals surface area (Å²) in [4.78, 5) is 2.39. The van der Waals surface area contributed by atoms with Crippen LogP contribution in [-0.2, 0) is 6.54 Å². The van der Waals surface area contributed by atoms with Gasteiger partial charge < -0.3 is 10.2 Å². The molecule has 1 aliphatic carbocycles. The van der Waals surface area contributed by atoms with Crippen molar-refractivity contribution in [2.24, 2.45) is 0 Å². The van der Waals surface area contributed by atoms with E-state index in [0.29, 0.717) is 6.04 Å². The van der Waals surface area contributed by atoms with Crippen molar-refractivity contribution < 1.29 is 0 Å². The van der Waals surface area contributed by atoms with Gasteiger partial charge in [0.25, 0.3) is 0 Å². The van der Waals surface area contributed by atoms with Crippen LogP contribution in [0, 0.1) is 0 Å². The zero-order valence-corrected chi connectivity index (χ0v) is 12.8. The van der Waals surface area contributed by atoms with Gasteiger partial charge in [0.05, 0.1) is 10.7 Å². The van der Waals surface area contributed by atoms with Crippen LogP contribution in [0.25, 0.3) is 0 Å². The van der Waals surface area contributed by atoms with E-state index in [4.69, 9.17) is 11.6 Å². The topological polar surface area (TPSA) is 15.3 Å². The summed E-state index contributed by atoms with van der Waals surface area (Å²) in [5, 5.41) is 4.03. The van der Waals surface area contributed by atoms with Gasteiger partial charge in [-0.05, 0) is 37.6 Å². The Balaban J connectivity index is 2.11. The quantitative estimate of drug-likeness (QED) is 0.831. The maximum Gasteiger partial charge on any atom is 0.0642 e. The van der Waals surface area contributed by atoms with E-state index in [2.05, 4.69) is 35.5 Å². The molecule has 0 heterocycles. The minimum atomic E-state index is 0.648. The van der Waals surface area contributed by atoms with Crippen LogP contribution in [0.3, 0.4) is 0 Å². The zero-order chi connectivity index (χ0) is 13.7. The van der Waals surface area contributed by atoms with Crippen molar-refractivity contribution in [3.8, 4) is 0 Å². The molecule has 2 rings (SSSR count). The lowest BCUT2D eigenvalue weighted by Gasteiger charge is -2.30. The number of benzene rings is 1. The molecule has 1 saturated carbocycles. The minimum absolute atomic E-state index is 0.648. The number of nitrogens with one attached hydrogen (secondary N) is 1. The summed E-state index contributed by atoms with van der Waals surface area (Å²) < 4.78 is 0. The molecule has 0 aromatic heterocycles. The Kier molecular flexibility index (Phi) is 5.53. The maximum absolute atomic E-state index is 6.45. The summed E-state index contributed by atoms with van der Waals surface area (Å²) >= 11 is 6.45. The van der Waals surface area contributed by atoms with E-state index in [1.807, 2.05) is 7.05 Å². The fourth-order valence-electron chi connectivity index (χ4n) is 2.99. The van der Waals surface area contributed by atoms with E-state index >= 15 is 0 Å². The molecule has 2 nitrogen and oxygen atoms in total. The summed E-state index contributed by atoms with van der Waals surface area (Å²) in [6, 6.07) is 7.07. The number of hydrogen-bond donors (Lipinski definition) is 1. The molecule has 0 atom stereocenters. The predicted octanol–water partition coefficient (Wildman–Crippen LogP) is 4.22. The van der Waals surface area contributed by atoms with E-state index < -0.39 is 0 Å². The Bertz CT molecular complexity index is 398. The second-order valence-corrected chi connectivity index (χ2v) is 5.98. The average Bonchev–Trinajstić information content (AvgIpc) is 2.67. The third kappa shape index (κ3) is 3.87. The van der Waals surface area contributed by atoms with Crippen LogP contribution in [0.5, 0.6) is 0 Å². The lowest BCUT2D eigenvalue weighted by atomic mass is 10.1. The van der Waals surface area contributed by atoms with Crippen LogP contribution in [0.15, 0.2) is 18.2 Å². The van der Waals surface area contributed by atoms with Crippen molar-refractivity contribution in [3.63, 3.8) is 0 Å². The molecule has 1 aromatic rings. The molecular formula is C16H25ClN2. The van der Waals surface area contributed by atoms with Crippen LogP contribution in [0.1, 0.15) is 44.1 Å². The Labute approximate surface area is 122 Å². The minimum Gasteiger partial charge on any atom is -0.370 e. The fourth-order valence-corrected chi connectivity index (χ4v) is 3.33. The summed E-state index contributed by atoms with van der Waals surface area (Å²) in [6.45, 7) is 0.868. The van der Waals surface area contributed by atoms with Crippen molar-refractivity contribution in [1.82, 2.24) is 5.32 Å². The lowest BCUT2D eigenvalue weighted by molar-refractivity contribution is 0.553. The van der Waals surface area contributed by atoms with Crippen LogP contribution >= 0.6 is 11.6 Å². The Morgan fingerprint density at radius 3 is 2.47 bits per heavy atom. The second kappa shape index (κ2) is 7.16. The number of anilines is 1. The number of rotatable bonds is 4. The van der Waals surface area contributed by atoms with Crippen LogP contribution in [-0.4, -0.2) is 20.1 Å². The first kappa shape index (κ1) is 14.7. The van der Waals surface area contributed by atoms with Gasteiger partial charge in [0, 0.05) is 19.6 Å². The van der Waals surface area contributed by atoms with Gasteiger partial charge in [0.2, 0.25) is 0 Å². The van der Waals surface area contributed by atoms with Gasteiger partial charge in [0.1, 0.15) is 0 Å². The first-order valence-corrected chi connectivity index (χ1v) is 7.76. The molecule has 19 heavy (non-hydrogen) atoms. The first-order chi connectivity index (χ1) is 9.22. The Hall–Kier alpha value is -0.730.